The van der Waals surface area contributed by atoms with Gasteiger partial charge in [-0.2, -0.15) is 0 Å². The Bertz CT molecular complexity index is 1020. The monoisotopic (exact) mass is 410 g/mol. The van der Waals surface area contributed by atoms with Crippen LogP contribution in [0, 0.1) is 6.92 Å². The lowest BCUT2D eigenvalue weighted by atomic mass is 10.1. The first kappa shape index (κ1) is 20.6. The van der Waals surface area contributed by atoms with Crippen LogP contribution in [0.3, 0.4) is 0 Å². The number of benzene rings is 2. The molecule has 0 saturated carbocycles. The maximum atomic E-state index is 12.2. The highest BCUT2D eigenvalue weighted by Crippen LogP contribution is 2.18. The number of Topliss-reactive ketones (excluding diaryl/α,β-unsaturated/α-hetero) is 1. The Labute approximate surface area is 173 Å². The molecule has 3 aromatic rings. The molecular formula is C21H22N4O3S. The molecule has 0 aliphatic carbocycles. The number of thioether (sulfide) groups is 1. The number of nitrogens with one attached hydrogen (secondary N) is 1. The molecule has 29 heavy (non-hydrogen) atoms. The minimum absolute atomic E-state index is 0.0463. The fourth-order valence-electron chi connectivity index (χ4n) is 2.52. The fraction of sp³-hybridized carbons (Fsp3) is 0.238. The van der Waals surface area contributed by atoms with Crippen LogP contribution in [-0.4, -0.2) is 32.2 Å². The Kier molecular flexibility index (Phi) is 6.66. The third-order valence-electron chi connectivity index (χ3n) is 4.20. The lowest BCUT2D eigenvalue weighted by Gasteiger charge is -2.07. The quantitative estimate of drug-likeness (QED) is 0.451. The van der Waals surface area contributed by atoms with E-state index in [1.807, 2.05) is 42.8 Å². The number of hydrogen-bond donors (Lipinski definition) is 1. The molecule has 0 atom stereocenters. The van der Waals surface area contributed by atoms with Crippen molar-refractivity contribution in [3.63, 3.8) is 0 Å². The number of anilines is 1. The second-order valence-corrected chi connectivity index (χ2v) is 7.48. The highest BCUT2D eigenvalue weighted by molar-refractivity contribution is 7.99. The van der Waals surface area contributed by atoms with Gasteiger partial charge in [-0.15, -0.1) is 10.2 Å². The highest BCUT2D eigenvalue weighted by atomic mass is 32.2. The molecule has 0 unspecified atom stereocenters. The molecule has 7 nitrogen and oxygen atoms in total. The molecule has 1 heterocycles. The fourth-order valence-corrected chi connectivity index (χ4v) is 3.25. The third kappa shape index (κ3) is 5.68. The van der Waals surface area contributed by atoms with Gasteiger partial charge >= 0.3 is 0 Å². The summed E-state index contributed by atoms with van der Waals surface area (Å²) in [5.74, 6) is 1.38. The Balaban J connectivity index is 1.53. The minimum Gasteiger partial charge on any atom is -0.486 e. The van der Waals surface area contributed by atoms with E-state index in [4.69, 9.17) is 4.74 Å². The molecule has 0 spiro atoms. The molecule has 1 aromatic heterocycles. The van der Waals surface area contributed by atoms with Gasteiger partial charge in [-0.3, -0.25) is 9.59 Å². The van der Waals surface area contributed by atoms with Crippen molar-refractivity contribution in [2.75, 3.05) is 11.1 Å². The average molecular weight is 410 g/mol. The van der Waals surface area contributed by atoms with Gasteiger partial charge in [0.05, 0.1) is 5.75 Å². The Morgan fingerprint density at radius 1 is 1.14 bits per heavy atom. The summed E-state index contributed by atoms with van der Waals surface area (Å²) >= 11 is 1.28. The van der Waals surface area contributed by atoms with E-state index in [-0.39, 0.29) is 24.1 Å². The van der Waals surface area contributed by atoms with Gasteiger partial charge in [0, 0.05) is 18.3 Å². The molecule has 0 aliphatic heterocycles. The zero-order valence-corrected chi connectivity index (χ0v) is 17.3. The van der Waals surface area contributed by atoms with Gasteiger partial charge in [-0.1, -0.05) is 41.6 Å². The summed E-state index contributed by atoms with van der Waals surface area (Å²) in [6.45, 7) is 3.80. The van der Waals surface area contributed by atoms with E-state index in [0.717, 1.165) is 5.75 Å². The Morgan fingerprint density at radius 3 is 2.62 bits per heavy atom. The number of rotatable bonds is 8. The SMILES string of the molecule is CC(=O)c1cccc(NC(=O)CSc2nnc(COc3ccc(C)cc3)n2C)c1. The summed E-state index contributed by atoms with van der Waals surface area (Å²) in [7, 11) is 1.84. The number of amides is 1. The largest absolute Gasteiger partial charge is 0.486 e. The molecule has 8 heteroatoms. The van der Waals surface area contributed by atoms with Crippen molar-refractivity contribution < 1.29 is 14.3 Å². The number of aryl methyl sites for hydroxylation is 1. The van der Waals surface area contributed by atoms with Crippen LogP contribution in [0.1, 0.15) is 28.7 Å². The number of hydrogen-bond acceptors (Lipinski definition) is 6. The Morgan fingerprint density at radius 2 is 1.90 bits per heavy atom. The van der Waals surface area contributed by atoms with Gasteiger partial charge in [0.25, 0.3) is 0 Å². The summed E-state index contributed by atoms with van der Waals surface area (Å²) in [5, 5.41) is 11.7. The van der Waals surface area contributed by atoms with Crippen LogP contribution in [0.5, 0.6) is 5.75 Å². The normalized spacial score (nSPS) is 10.6. The lowest BCUT2D eigenvalue weighted by molar-refractivity contribution is -0.113. The van der Waals surface area contributed by atoms with Gasteiger partial charge < -0.3 is 14.6 Å². The van der Waals surface area contributed by atoms with Crippen LogP contribution >= 0.6 is 11.8 Å². The van der Waals surface area contributed by atoms with E-state index in [9.17, 15) is 9.59 Å². The standard InChI is InChI=1S/C21H22N4O3S/c1-14-7-9-18(10-8-14)28-12-19-23-24-21(25(19)3)29-13-20(27)22-17-6-4-5-16(11-17)15(2)26/h4-11H,12-13H2,1-3H3,(H,22,27). The summed E-state index contributed by atoms with van der Waals surface area (Å²) in [4.78, 5) is 23.7. The first-order chi connectivity index (χ1) is 13.9. The first-order valence-corrected chi connectivity index (χ1v) is 10.0. The first-order valence-electron chi connectivity index (χ1n) is 9.04. The van der Waals surface area contributed by atoms with Gasteiger partial charge in [-0.05, 0) is 38.1 Å². The van der Waals surface area contributed by atoms with E-state index in [1.54, 1.807) is 24.3 Å². The minimum atomic E-state index is -0.184. The topological polar surface area (TPSA) is 86.1 Å². The van der Waals surface area contributed by atoms with Crippen LogP contribution in [-0.2, 0) is 18.4 Å². The van der Waals surface area contributed by atoms with Gasteiger partial charge in [-0.25, -0.2) is 0 Å². The molecule has 150 valence electrons. The average Bonchev–Trinajstić information content (AvgIpc) is 3.06. The molecule has 3 rings (SSSR count). The molecular weight excluding hydrogens is 388 g/mol. The van der Waals surface area contributed by atoms with E-state index in [0.29, 0.717) is 22.2 Å². The van der Waals surface area contributed by atoms with Gasteiger partial charge in [0.2, 0.25) is 5.91 Å². The molecule has 0 saturated heterocycles. The molecule has 0 fully saturated rings. The maximum absolute atomic E-state index is 12.2. The molecule has 1 amide bonds. The molecule has 1 N–H and O–H groups in total. The van der Waals surface area contributed by atoms with Crippen molar-refractivity contribution in [1.29, 1.82) is 0 Å². The van der Waals surface area contributed by atoms with Crippen molar-refractivity contribution in [3.05, 3.63) is 65.5 Å². The third-order valence-corrected chi connectivity index (χ3v) is 5.22. The predicted octanol–water partition coefficient (Wildman–Crippen LogP) is 3.64. The van der Waals surface area contributed by atoms with Crippen molar-refractivity contribution in [2.45, 2.75) is 25.6 Å². The van der Waals surface area contributed by atoms with Crippen LogP contribution in [0.4, 0.5) is 5.69 Å². The van der Waals surface area contributed by atoms with E-state index in [1.165, 1.54) is 24.2 Å². The van der Waals surface area contributed by atoms with Crippen molar-refractivity contribution in [2.24, 2.45) is 7.05 Å². The van der Waals surface area contributed by atoms with Crippen molar-refractivity contribution in [1.82, 2.24) is 14.8 Å². The van der Waals surface area contributed by atoms with E-state index >= 15 is 0 Å². The number of nitrogens with zero attached hydrogens (tertiary/aromatic N) is 3. The molecule has 0 radical (unpaired) electrons. The number of ketones is 1. The number of carbonyl (C=O) groups is 2. The van der Waals surface area contributed by atoms with Crippen LogP contribution in [0.2, 0.25) is 0 Å². The Hall–Kier alpha value is -3.13. The van der Waals surface area contributed by atoms with Crippen molar-refractivity contribution >= 4 is 29.1 Å². The smallest absolute Gasteiger partial charge is 0.234 e. The van der Waals surface area contributed by atoms with Gasteiger partial charge in [0.15, 0.2) is 16.8 Å². The van der Waals surface area contributed by atoms with E-state index < -0.39 is 0 Å². The second-order valence-electron chi connectivity index (χ2n) is 6.53. The number of carbonyl (C=O) groups excluding carboxylic acids is 2. The van der Waals surface area contributed by atoms with Gasteiger partial charge in [0.1, 0.15) is 12.4 Å². The van der Waals surface area contributed by atoms with Crippen LogP contribution < -0.4 is 10.1 Å². The number of ether oxygens (including phenoxy) is 1. The summed E-state index contributed by atoms with van der Waals surface area (Å²) in [6.07, 6.45) is 0. The predicted molar refractivity (Wildman–Crippen MR) is 112 cm³/mol. The zero-order valence-electron chi connectivity index (χ0n) is 16.5. The maximum Gasteiger partial charge on any atom is 0.234 e. The summed E-state index contributed by atoms with van der Waals surface area (Å²) in [6, 6.07) is 14.6. The van der Waals surface area contributed by atoms with Crippen LogP contribution in [0.25, 0.3) is 0 Å². The zero-order chi connectivity index (χ0) is 20.8. The van der Waals surface area contributed by atoms with E-state index in [2.05, 4.69) is 15.5 Å². The molecule has 0 bridgehead atoms. The lowest BCUT2D eigenvalue weighted by Crippen LogP contribution is -2.15. The molecule has 2 aromatic carbocycles. The second kappa shape index (κ2) is 9.38. The number of aromatic nitrogens is 3. The van der Waals surface area contributed by atoms with Crippen LogP contribution in [0.15, 0.2) is 53.7 Å². The molecule has 0 aliphatic rings. The summed E-state index contributed by atoms with van der Waals surface area (Å²) in [5.41, 5.74) is 2.32. The highest BCUT2D eigenvalue weighted by Gasteiger charge is 2.12. The van der Waals surface area contributed by atoms with Crippen molar-refractivity contribution in [3.8, 4) is 5.75 Å². The summed E-state index contributed by atoms with van der Waals surface area (Å²) < 4.78 is 7.54.